The molecule has 5 rings (SSSR count). The Kier molecular flexibility index (Phi) is 13.1. The lowest BCUT2D eigenvalue weighted by molar-refractivity contribution is 0.180. The van der Waals surface area contributed by atoms with E-state index >= 15 is 0 Å². The van der Waals surface area contributed by atoms with Crippen LogP contribution in [-0.4, -0.2) is 99.2 Å². The van der Waals surface area contributed by atoms with Crippen molar-refractivity contribution in [2.75, 3.05) is 77.9 Å². The SMILES string of the molecule is CC1CN(Sc2ccc(N(C)C)cc2)CCCN(CC2CCCCC2)CCCN(S(=O)(=O)N2CCC(c3ccccc3)CC2)C1. The van der Waals surface area contributed by atoms with Gasteiger partial charge in [-0.15, -0.1) is 0 Å². The van der Waals surface area contributed by atoms with Crippen LogP contribution in [0.5, 0.6) is 0 Å². The van der Waals surface area contributed by atoms with E-state index in [1.54, 1.807) is 4.31 Å². The minimum absolute atomic E-state index is 0.230. The Morgan fingerprint density at radius 1 is 0.733 bits per heavy atom. The van der Waals surface area contributed by atoms with Crippen molar-refractivity contribution in [2.45, 2.75) is 75.5 Å². The van der Waals surface area contributed by atoms with Gasteiger partial charge in [-0.25, -0.2) is 4.31 Å². The first-order valence-corrected chi connectivity index (χ1v) is 19.7. The van der Waals surface area contributed by atoms with Crippen LogP contribution in [0.2, 0.25) is 0 Å². The van der Waals surface area contributed by atoms with Crippen molar-refractivity contribution in [3.8, 4) is 0 Å². The van der Waals surface area contributed by atoms with Crippen LogP contribution >= 0.6 is 11.9 Å². The molecule has 2 saturated heterocycles. The predicted molar refractivity (Wildman–Crippen MR) is 190 cm³/mol. The van der Waals surface area contributed by atoms with Crippen LogP contribution in [0.1, 0.15) is 76.2 Å². The van der Waals surface area contributed by atoms with Gasteiger partial charge in [0.25, 0.3) is 10.2 Å². The quantitative estimate of drug-likeness (QED) is 0.292. The summed E-state index contributed by atoms with van der Waals surface area (Å²) in [5.41, 5.74) is 2.54. The van der Waals surface area contributed by atoms with Crippen molar-refractivity contribution < 1.29 is 8.42 Å². The van der Waals surface area contributed by atoms with Crippen LogP contribution in [-0.2, 0) is 10.2 Å². The molecule has 7 nitrogen and oxygen atoms in total. The van der Waals surface area contributed by atoms with E-state index in [1.165, 1.54) is 48.3 Å². The van der Waals surface area contributed by atoms with Gasteiger partial charge in [-0.3, -0.25) is 0 Å². The summed E-state index contributed by atoms with van der Waals surface area (Å²) in [5.74, 6) is 1.46. The fourth-order valence-corrected chi connectivity index (χ4v) is 10.4. The summed E-state index contributed by atoms with van der Waals surface area (Å²) >= 11 is 1.83. The van der Waals surface area contributed by atoms with Gasteiger partial charge in [0.2, 0.25) is 0 Å². The van der Waals surface area contributed by atoms with Crippen LogP contribution in [0, 0.1) is 11.8 Å². The normalized spacial score (nSPS) is 23.8. The lowest BCUT2D eigenvalue weighted by Gasteiger charge is -2.37. The number of piperidine rings is 1. The van der Waals surface area contributed by atoms with Crippen LogP contribution < -0.4 is 4.90 Å². The Morgan fingerprint density at radius 2 is 1.40 bits per heavy atom. The highest BCUT2D eigenvalue weighted by molar-refractivity contribution is 7.97. The molecule has 1 atom stereocenters. The fourth-order valence-electron chi connectivity index (χ4n) is 7.46. The zero-order valence-corrected chi connectivity index (χ0v) is 29.7. The molecule has 1 unspecified atom stereocenters. The summed E-state index contributed by atoms with van der Waals surface area (Å²) in [6.45, 7) is 9.70. The topological polar surface area (TPSA) is 50.3 Å². The van der Waals surface area contributed by atoms with Gasteiger partial charge in [0.05, 0.1) is 0 Å². The van der Waals surface area contributed by atoms with Gasteiger partial charge in [0, 0.05) is 70.5 Å². The molecule has 2 aliphatic heterocycles. The summed E-state index contributed by atoms with van der Waals surface area (Å²) < 4.78 is 34.6. The van der Waals surface area contributed by atoms with E-state index in [1.807, 2.05) is 16.3 Å². The fraction of sp³-hybridized carbons (Fsp3) is 0.667. The highest BCUT2D eigenvalue weighted by Crippen LogP contribution is 2.31. The first-order valence-electron chi connectivity index (χ1n) is 17.5. The predicted octanol–water partition coefficient (Wildman–Crippen LogP) is 6.80. The Labute approximate surface area is 278 Å². The van der Waals surface area contributed by atoms with E-state index < -0.39 is 10.2 Å². The molecular weight excluding hydrogens is 599 g/mol. The van der Waals surface area contributed by atoms with Crippen molar-refractivity contribution in [1.82, 2.24) is 17.8 Å². The molecule has 1 saturated carbocycles. The molecule has 1 aliphatic carbocycles. The van der Waals surface area contributed by atoms with Gasteiger partial charge in [0.15, 0.2) is 0 Å². The van der Waals surface area contributed by atoms with E-state index in [-0.39, 0.29) is 5.92 Å². The van der Waals surface area contributed by atoms with Crippen molar-refractivity contribution in [3.05, 3.63) is 60.2 Å². The number of rotatable bonds is 8. The maximum atomic E-state index is 14.2. The monoisotopic (exact) mass is 655 g/mol. The average Bonchev–Trinajstić information content (AvgIpc) is 3.04. The van der Waals surface area contributed by atoms with E-state index in [2.05, 4.69) is 89.7 Å². The van der Waals surface area contributed by atoms with Crippen LogP contribution in [0.25, 0.3) is 0 Å². The van der Waals surface area contributed by atoms with E-state index in [0.717, 1.165) is 64.3 Å². The Morgan fingerprint density at radius 3 is 2.07 bits per heavy atom. The summed E-state index contributed by atoms with van der Waals surface area (Å²) in [4.78, 5) is 6.03. The first kappa shape index (κ1) is 34.7. The zero-order chi connectivity index (χ0) is 31.6. The van der Waals surface area contributed by atoms with Crippen molar-refractivity contribution >= 4 is 27.8 Å². The molecule has 0 amide bonds. The lowest BCUT2D eigenvalue weighted by Crippen LogP contribution is -2.49. The molecule has 2 aromatic rings. The maximum Gasteiger partial charge on any atom is 0.281 e. The Balaban J connectivity index is 1.28. The van der Waals surface area contributed by atoms with Crippen molar-refractivity contribution in [1.29, 1.82) is 0 Å². The summed E-state index contributed by atoms with van der Waals surface area (Å²) in [6, 6.07) is 19.4. The lowest BCUT2D eigenvalue weighted by atomic mass is 9.89. The maximum absolute atomic E-state index is 14.2. The molecule has 45 heavy (non-hydrogen) atoms. The molecule has 0 spiro atoms. The molecule has 3 fully saturated rings. The number of hydrogen-bond donors (Lipinski definition) is 0. The van der Waals surface area contributed by atoms with Gasteiger partial charge in [-0.2, -0.15) is 17.0 Å². The number of nitrogens with zero attached hydrogens (tertiary/aromatic N) is 5. The number of hydrogen-bond acceptors (Lipinski definition) is 6. The zero-order valence-electron chi connectivity index (χ0n) is 28.0. The second-order valence-electron chi connectivity index (χ2n) is 13.9. The van der Waals surface area contributed by atoms with Gasteiger partial charge < -0.3 is 9.80 Å². The highest BCUT2D eigenvalue weighted by atomic mass is 32.2. The first-order chi connectivity index (χ1) is 21.8. The molecule has 3 aliphatic rings. The molecule has 0 radical (unpaired) electrons. The van der Waals surface area contributed by atoms with Crippen LogP contribution in [0.3, 0.4) is 0 Å². The standard InChI is InChI=1S/C36H57N5O2S2/c1-31-28-39(44-36-18-16-35(17-19-36)37(2)3)24-10-22-38(30-32-12-6-4-7-13-32)23-11-25-41(29-31)45(42,43)40-26-20-34(21-27-40)33-14-8-5-9-15-33/h5,8-9,14-19,31-32,34H,4,6-7,10-13,20-30H2,1-3H3. The molecule has 250 valence electrons. The summed E-state index contributed by atoms with van der Waals surface area (Å²) in [6.07, 6.45) is 10.6. The Bertz CT molecular complexity index is 1250. The molecule has 9 heteroatoms. The second-order valence-corrected chi connectivity index (χ2v) is 17.0. The summed E-state index contributed by atoms with van der Waals surface area (Å²) in [7, 11) is 0.620. The van der Waals surface area contributed by atoms with Crippen molar-refractivity contribution in [3.63, 3.8) is 0 Å². The van der Waals surface area contributed by atoms with E-state index in [9.17, 15) is 8.42 Å². The van der Waals surface area contributed by atoms with Gasteiger partial charge in [-0.1, -0.05) is 56.5 Å². The summed E-state index contributed by atoms with van der Waals surface area (Å²) in [5, 5.41) is 0. The molecule has 2 heterocycles. The third-order valence-corrected chi connectivity index (χ3v) is 13.1. The highest BCUT2D eigenvalue weighted by Gasteiger charge is 2.34. The van der Waals surface area contributed by atoms with Crippen molar-refractivity contribution in [2.24, 2.45) is 11.8 Å². The van der Waals surface area contributed by atoms with Crippen LogP contribution in [0.15, 0.2) is 59.5 Å². The third-order valence-electron chi connectivity index (χ3n) is 10.0. The van der Waals surface area contributed by atoms with Gasteiger partial charge >= 0.3 is 0 Å². The third kappa shape index (κ3) is 10.2. The molecular formula is C36H57N5O2S2. The minimum Gasteiger partial charge on any atom is -0.378 e. The average molecular weight is 656 g/mol. The number of anilines is 1. The molecule has 0 aromatic heterocycles. The van der Waals surface area contributed by atoms with Gasteiger partial charge in [-0.05, 0) is 111 Å². The molecule has 2 aromatic carbocycles. The number of benzene rings is 2. The van der Waals surface area contributed by atoms with Crippen LogP contribution in [0.4, 0.5) is 5.69 Å². The Hall–Kier alpha value is -1.62. The van der Waals surface area contributed by atoms with E-state index in [0.29, 0.717) is 32.1 Å². The molecule has 0 N–H and O–H groups in total. The smallest absolute Gasteiger partial charge is 0.281 e. The largest absolute Gasteiger partial charge is 0.378 e. The molecule has 0 bridgehead atoms. The van der Waals surface area contributed by atoms with E-state index in [4.69, 9.17) is 0 Å². The van der Waals surface area contributed by atoms with Gasteiger partial charge in [0.1, 0.15) is 0 Å². The second kappa shape index (κ2) is 17.0. The minimum atomic E-state index is -3.53.